The second-order valence-corrected chi connectivity index (χ2v) is 5.41. The number of nitrogens with zero attached hydrogens (tertiary/aromatic N) is 1. The number of H-pyrrole nitrogens is 1. The summed E-state index contributed by atoms with van der Waals surface area (Å²) in [6.45, 7) is 0.467. The molecule has 0 radical (unpaired) electrons. The maximum absolute atomic E-state index is 11.9. The molecule has 1 amide bonds. The van der Waals surface area contributed by atoms with Crippen molar-refractivity contribution in [3.8, 4) is 0 Å². The fourth-order valence-electron chi connectivity index (χ4n) is 2.16. The van der Waals surface area contributed by atoms with Crippen LogP contribution in [0, 0.1) is 0 Å². The van der Waals surface area contributed by atoms with Crippen molar-refractivity contribution in [2.45, 2.75) is 12.8 Å². The molecule has 3 rings (SSSR count). The van der Waals surface area contributed by atoms with E-state index in [-0.39, 0.29) is 10.9 Å². The summed E-state index contributed by atoms with van der Waals surface area (Å²) in [5, 5.41) is 2.75. The molecule has 0 fully saturated rings. The van der Waals surface area contributed by atoms with Gasteiger partial charge in [-0.25, -0.2) is 4.98 Å². The van der Waals surface area contributed by atoms with Crippen LogP contribution in [0.4, 0.5) is 0 Å². The van der Waals surface area contributed by atoms with E-state index < -0.39 is 5.56 Å². The molecule has 6 nitrogen and oxygen atoms in total. The monoisotopic (exact) mass is 331 g/mol. The number of benzene rings is 1. The van der Waals surface area contributed by atoms with Crippen LogP contribution in [-0.4, -0.2) is 22.4 Å². The number of para-hydroxylation sites is 2. The van der Waals surface area contributed by atoms with Crippen LogP contribution in [0.5, 0.6) is 0 Å². The van der Waals surface area contributed by atoms with Crippen LogP contribution >= 0.6 is 11.6 Å². The summed E-state index contributed by atoms with van der Waals surface area (Å²) >= 11 is 5.69. The predicted molar refractivity (Wildman–Crippen MR) is 86.7 cm³/mol. The molecule has 0 bridgehead atoms. The summed E-state index contributed by atoms with van der Waals surface area (Å²) in [7, 11) is 0. The van der Waals surface area contributed by atoms with Gasteiger partial charge in [-0.2, -0.15) is 0 Å². The molecule has 2 N–H and O–H groups in total. The number of hydrogen-bond acceptors (Lipinski definition) is 4. The van der Waals surface area contributed by atoms with Gasteiger partial charge in [0.1, 0.15) is 10.5 Å². The van der Waals surface area contributed by atoms with Gasteiger partial charge in [0.05, 0.1) is 5.56 Å². The molecular weight excluding hydrogens is 318 g/mol. The van der Waals surface area contributed by atoms with E-state index >= 15 is 0 Å². The number of aromatic nitrogens is 2. The number of aromatic amines is 1. The third kappa shape index (κ3) is 3.60. The number of amides is 1. The van der Waals surface area contributed by atoms with Gasteiger partial charge in [-0.3, -0.25) is 9.59 Å². The summed E-state index contributed by atoms with van der Waals surface area (Å²) in [4.78, 5) is 29.9. The zero-order valence-electron chi connectivity index (χ0n) is 12.1. The topological polar surface area (TPSA) is 88.0 Å². The van der Waals surface area contributed by atoms with Gasteiger partial charge in [-0.15, -0.1) is 0 Å². The zero-order chi connectivity index (χ0) is 16.2. The van der Waals surface area contributed by atoms with E-state index in [0.717, 1.165) is 11.1 Å². The maximum Gasteiger partial charge on any atom is 0.266 e. The second-order valence-electron chi connectivity index (χ2n) is 5.00. The number of pyridine rings is 1. The van der Waals surface area contributed by atoms with E-state index in [9.17, 15) is 9.59 Å². The average Bonchev–Trinajstić information content (AvgIpc) is 2.96. The van der Waals surface area contributed by atoms with Crippen molar-refractivity contribution in [2.75, 3.05) is 6.54 Å². The SMILES string of the molecule is O=C(NCCCc1nc2ccccc2o1)c1c[nH]c(=O)c(Cl)c1. The van der Waals surface area contributed by atoms with Gasteiger partial charge in [0, 0.05) is 19.2 Å². The highest BCUT2D eigenvalue weighted by Gasteiger charge is 2.08. The first kappa shape index (κ1) is 15.3. The van der Waals surface area contributed by atoms with E-state index in [0.29, 0.717) is 30.8 Å². The van der Waals surface area contributed by atoms with Crippen molar-refractivity contribution in [3.63, 3.8) is 0 Å². The molecule has 1 aromatic carbocycles. The van der Waals surface area contributed by atoms with Crippen LogP contribution in [0.15, 0.2) is 45.7 Å². The Morgan fingerprint density at radius 2 is 2.17 bits per heavy atom. The highest BCUT2D eigenvalue weighted by molar-refractivity contribution is 6.30. The first-order valence-electron chi connectivity index (χ1n) is 7.14. The first-order valence-corrected chi connectivity index (χ1v) is 7.52. The Morgan fingerprint density at radius 1 is 1.35 bits per heavy atom. The Morgan fingerprint density at radius 3 is 2.96 bits per heavy atom. The standard InChI is InChI=1S/C16H14ClN3O3/c17-11-8-10(9-19-16(11)22)15(21)18-7-3-6-14-20-12-4-1-2-5-13(12)23-14/h1-2,4-5,8-9H,3,6-7H2,(H,18,21)(H,19,22). The van der Waals surface area contributed by atoms with Crippen molar-refractivity contribution < 1.29 is 9.21 Å². The normalized spacial score (nSPS) is 10.8. The van der Waals surface area contributed by atoms with Crippen molar-refractivity contribution in [3.05, 3.63) is 63.4 Å². The summed E-state index contributed by atoms with van der Waals surface area (Å²) in [5.41, 5.74) is 1.49. The highest BCUT2D eigenvalue weighted by Crippen LogP contribution is 2.15. The smallest absolute Gasteiger partial charge is 0.266 e. The Hall–Kier alpha value is -2.60. The van der Waals surface area contributed by atoms with E-state index in [1.807, 2.05) is 24.3 Å². The number of fused-ring (bicyclic) bond motifs is 1. The number of hydrogen-bond donors (Lipinski definition) is 2. The third-order valence-corrected chi connectivity index (χ3v) is 3.59. The minimum Gasteiger partial charge on any atom is -0.441 e. The van der Waals surface area contributed by atoms with E-state index in [2.05, 4.69) is 15.3 Å². The van der Waals surface area contributed by atoms with Crippen molar-refractivity contribution in [2.24, 2.45) is 0 Å². The Bertz CT molecular complexity index is 868. The number of halogens is 1. The number of nitrogens with one attached hydrogen (secondary N) is 2. The van der Waals surface area contributed by atoms with E-state index in [4.69, 9.17) is 16.0 Å². The molecule has 0 aliphatic rings. The van der Waals surface area contributed by atoms with Gasteiger partial charge >= 0.3 is 0 Å². The molecule has 0 aliphatic heterocycles. The summed E-state index contributed by atoms with van der Waals surface area (Å²) < 4.78 is 5.61. The van der Waals surface area contributed by atoms with Crippen molar-refractivity contribution in [1.82, 2.24) is 15.3 Å². The fraction of sp³-hybridized carbons (Fsp3) is 0.188. The molecule has 0 spiro atoms. The van der Waals surface area contributed by atoms with Crippen LogP contribution in [0.3, 0.4) is 0 Å². The molecular formula is C16H14ClN3O3. The lowest BCUT2D eigenvalue weighted by Gasteiger charge is -2.04. The Kier molecular flexibility index (Phi) is 4.43. The van der Waals surface area contributed by atoms with Gasteiger partial charge in [-0.05, 0) is 24.6 Å². The summed E-state index contributed by atoms with van der Waals surface area (Å²) in [5.74, 6) is 0.355. The van der Waals surface area contributed by atoms with Crippen molar-refractivity contribution in [1.29, 1.82) is 0 Å². The summed E-state index contributed by atoms with van der Waals surface area (Å²) in [6, 6.07) is 8.91. The molecule has 0 aliphatic carbocycles. The lowest BCUT2D eigenvalue weighted by Crippen LogP contribution is -2.25. The van der Waals surface area contributed by atoms with E-state index in [1.54, 1.807) is 0 Å². The molecule has 0 saturated heterocycles. The molecule has 2 aromatic heterocycles. The largest absolute Gasteiger partial charge is 0.441 e. The van der Waals surface area contributed by atoms with Gasteiger partial charge in [-0.1, -0.05) is 23.7 Å². The number of carbonyl (C=O) groups is 1. The fourth-order valence-corrected chi connectivity index (χ4v) is 2.33. The van der Waals surface area contributed by atoms with Gasteiger partial charge < -0.3 is 14.7 Å². The van der Waals surface area contributed by atoms with Crippen LogP contribution < -0.4 is 10.9 Å². The molecule has 23 heavy (non-hydrogen) atoms. The summed E-state index contributed by atoms with van der Waals surface area (Å²) in [6.07, 6.45) is 2.65. The molecule has 0 unspecified atom stereocenters. The average molecular weight is 332 g/mol. The van der Waals surface area contributed by atoms with Crippen LogP contribution in [0.25, 0.3) is 11.1 Å². The first-order chi connectivity index (χ1) is 11.1. The highest BCUT2D eigenvalue weighted by atomic mass is 35.5. The Balaban J connectivity index is 1.51. The number of carbonyl (C=O) groups excluding carboxylic acids is 1. The van der Waals surface area contributed by atoms with Gasteiger partial charge in [0.2, 0.25) is 0 Å². The van der Waals surface area contributed by atoms with Gasteiger partial charge in [0.15, 0.2) is 11.5 Å². The third-order valence-electron chi connectivity index (χ3n) is 3.31. The molecule has 7 heteroatoms. The lowest BCUT2D eigenvalue weighted by atomic mass is 10.2. The van der Waals surface area contributed by atoms with Crippen LogP contribution in [-0.2, 0) is 6.42 Å². The molecule has 118 valence electrons. The molecule has 2 heterocycles. The minimum atomic E-state index is -0.417. The van der Waals surface area contributed by atoms with Crippen LogP contribution in [0.1, 0.15) is 22.7 Å². The van der Waals surface area contributed by atoms with Gasteiger partial charge in [0.25, 0.3) is 11.5 Å². The molecule has 0 atom stereocenters. The number of aryl methyl sites for hydroxylation is 1. The zero-order valence-corrected chi connectivity index (χ0v) is 12.9. The maximum atomic E-state index is 11.9. The van der Waals surface area contributed by atoms with E-state index in [1.165, 1.54) is 12.3 Å². The predicted octanol–water partition coefficient (Wildman–Crippen LogP) is 2.53. The Labute approximate surface area is 136 Å². The second kappa shape index (κ2) is 6.66. The molecule has 3 aromatic rings. The van der Waals surface area contributed by atoms with Crippen LogP contribution in [0.2, 0.25) is 5.02 Å². The molecule has 0 saturated carbocycles. The minimum absolute atomic E-state index is 0.0101. The van der Waals surface area contributed by atoms with Crippen molar-refractivity contribution >= 4 is 28.6 Å². The number of rotatable bonds is 5. The quantitative estimate of drug-likeness (QED) is 0.703. The number of oxazole rings is 1. The lowest BCUT2D eigenvalue weighted by molar-refractivity contribution is 0.0952.